The van der Waals surface area contributed by atoms with Gasteiger partial charge in [-0.05, 0) is 0 Å². The maximum Gasteiger partial charge on any atom is 0.148 e. The van der Waals surface area contributed by atoms with Crippen molar-refractivity contribution in [2.24, 2.45) is 0 Å². The average molecular weight is 178 g/mol. The quantitative estimate of drug-likeness (QED) is 0.422. The van der Waals surface area contributed by atoms with Crippen LogP contribution in [0.1, 0.15) is 6.42 Å². The molecule has 0 saturated carbocycles. The zero-order valence-electron chi connectivity index (χ0n) is 6.88. The van der Waals surface area contributed by atoms with E-state index in [-0.39, 0.29) is 6.42 Å². The summed E-state index contributed by atoms with van der Waals surface area (Å²) < 4.78 is 4.64. The lowest BCUT2D eigenvalue weighted by Gasteiger charge is -2.17. The molecule has 5 heteroatoms. The number of rotatable bonds is 6. The van der Waals surface area contributed by atoms with Crippen LogP contribution in [0.3, 0.4) is 0 Å². The first-order chi connectivity index (χ1) is 5.65. The second-order valence-electron chi connectivity index (χ2n) is 2.46. The van der Waals surface area contributed by atoms with Crippen molar-refractivity contribution in [3.8, 4) is 0 Å². The zero-order valence-corrected chi connectivity index (χ0v) is 6.88. The van der Waals surface area contributed by atoms with Crippen molar-refractivity contribution in [3.63, 3.8) is 0 Å². The molecule has 0 aromatic heterocycles. The maximum absolute atomic E-state index is 10.2. The van der Waals surface area contributed by atoms with E-state index in [2.05, 4.69) is 4.74 Å². The molecule has 3 atom stereocenters. The molecule has 0 aliphatic heterocycles. The molecule has 0 spiro atoms. The van der Waals surface area contributed by atoms with Crippen molar-refractivity contribution in [3.05, 3.63) is 0 Å². The number of aliphatic hydroxyl groups excluding tert-OH is 3. The molecule has 3 N–H and O–H groups in total. The van der Waals surface area contributed by atoms with Gasteiger partial charge in [-0.25, -0.2) is 0 Å². The molecule has 0 rings (SSSR count). The summed E-state index contributed by atoms with van der Waals surface area (Å²) in [5, 5.41) is 26.4. The number of aliphatic hydroxyl groups is 3. The summed E-state index contributed by atoms with van der Waals surface area (Å²) in [6.07, 6.45) is -2.57. The van der Waals surface area contributed by atoms with Gasteiger partial charge in [0, 0.05) is 13.5 Å². The molecular weight excluding hydrogens is 164 g/mol. The van der Waals surface area contributed by atoms with Crippen LogP contribution in [0.2, 0.25) is 0 Å². The smallest absolute Gasteiger partial charge is 0.148 e. The van der Waals surface area contributed by atoms with Gasteiger partial charge in [0.05, 0.1) is 12.7 Å². The average Bonchev–Trinajstić information content (AvgIpc) is 2.12. The summed E-state index contributed by atoms with van der Waals surface area (Å²) in [7, 11) is 1.33. The monoisotopic (exact) mass is 178 g/mol. The van der Waals surface area contributed by atoms with E-state index in [1.165, 1.54) is 7.11 Å². The third-order valence-corrected chi connectivity index (χ3v) is 1.56. The highest BCUT2D eigenvalue weighted by Crippen LogP contribution is 2.03. The first-order valence-corrected chi connectivity index (χ1v) is 3.60. The van der Waals surface area contributed by atoms with E-state index in [0.29, 0.717) is 6.29 Å². The SMILES string of the molecule is CO[C@@H](C=O)C[C@H](O)[C@H](O)CO. The zero-order chi connectivity index (χ0) is 9.56. The number of carbonyl (C=O) groups is 1. The molecule has 0 heterocycles. The van der Waals surface area contributed by atoms with E-state index in [1.54, 1.807) is 0 Å². The van der Waals surface area contributed by atoms with Crippen LogP contribution in [0.25, 0.3) is 0 Å². The van der Waals surface area contributed by atoms with Crippen LogP contribution in [0.5, 0.6) is 0 Å². The van der Waals surface area contributed by atoms with Crippen LogP contribution in [0.15, 0.2) is 0 Å². The van der Waals surface area contributed by atoms with Gasteiger partial charge in [-0.1, -0.05) is 0 Å². The standard InChI is InChI=1S/C7H14O5/c1-12-5(3-8)2-6(10)7(11)4-9/h3,5-7,9-11H,2,4H2,1H3/t5-,6+,7-/m1/s1. The third kappa shape index (κ3) is 3.77. The molecule has 12 heavy (non-hydrogen) atoms. The van der Waals surface area contributed by atoms with E-state index in [4.69, 9.17) is 15.3 Å². The van der Waals surface area contributed by atoms with E-state index in [1.807, 2.05) is 0 Å². The molecule has 0 unspecified atom stereocenters. The lowest BCUT2D eigenvalue weighted by molar-refractivity contribution is -0.120. The highest BCUT2D eigenvalue weighted by molar-refractivity contribution is 5.55. The Hall–Kier alpha value is -0.490. The Morgan fingerprint density at radius 3 is 2.33 bits per heavy atom. The van der Waals surface area contributed by atoms with Crippen molar-refractivity contribution in [1.29, 1.82) is 0 Å². The molecular formula is C7H14O5. The van der Waals surface area contributed by atoms with Crippen LogP contribution >= 0.6 is 0 Å². The Morgan fingerprint density at radius 1 is 1.42 bits per heavy atom. The minimum Gasteiger partial charge on any atom is -0.394 e. The van der Waals surface area contributed by atoms with E-state index >= 15 is 0 Å². The molecule has 72 valence electrons. The number of ether oxygens (including phenoxy) is 1. The molecule has 0 aromatic carbocycles. The van der Waals surface area contributed by atoms with E-state index in [0.717, 1.165) is 0 Å². The molecule has 0 fully saturated rings. The summed E-state index contributed by atoms with van der Waals surface area (Å²) in [6.45, 7) is -0.531. The van der Waals surface area contributed by atoms with Crippen molar-refractivity contribution in [1.82, 2.24) is 0 Å². The Bertz CT molecular complexity index is 127. The van der Waals surface area contributed by atoms with Gasteiger partial charge in [-0.2, -0.15) is 0 Å². The first kappa shape index (κ1) is 11.5. The summed E-state index contributed by atoms with van der Waals surface area (Å²) in [6, 6.07) is 0. The first-order valence-electron chi connectivity index (χ1n) is 3.60. The highest BCUT2D eigenvalue weighted by atomic mass is 16.5. The van der Waals surface area contributed by atoms with Crippen molar-refractivity contribution < 1.29 is 24.9 Å². The molecule has 0 aromatic rings. The molecule has 0 aliphatic rings. The Morgan fingerprint density at radius 2 is 2.00 bits per heavy atom. The lowest BCUT2D eigenvalue weighted by Crippen LogP contribution is -2.33. The molecule has 0 radical (unpaired) electrons. The van der Waals surface area contributed by atoms with Crippen LogP contribution in [-0.4, -0.2) is 53.6 Å². The number of hydrogen-bond acceptors (Lipinski definition) is 5. The Labute approximate surface area is 70.6 Å². The summed E-state index contributed by atoms with van der Waals surface area (Å²) in [5.41, 5.74) is 0. The van der Waals surface area contributed by atoms with Gasteiger partial charge in [0.15, 0.2) is 0 Å². The van der Waals surface area contributed by atoms with Gasteiger partial charge in [0.25, 0.3) is 0 Å². The van der Waals surface area contributed by atoms with Crippen molar-refractivity contribution in [2.75, 3.05) is 13.7 Å². The fourth-order valence-electron chi connectivity index (χ4n) is 0.724. The van der Waals surface area contributed by atoms with Crippen molar-refractivity contribution in [2.45, 2.75) is 24.7 Å². The Kier molecular flexibility index (Phi) is 5.83. The van der Waals surface area contributed by atoms with Gasteiger partial charge in [-0.3, -0.25) is 0 Å². The minimum absolute atomic E-state index is 0.0122. The van der Waals surface area contributed by atoms with E-state index < -0.39 is 24.9 Å². The fourth-order valence-corrected chi connectivity index (χ4v) is 0.724. The highest BCUT2D eigenvalue weighted by Gasteiger charge is 2.19. The van der Waals surface area contributed by atoms with Gasteiger partial charge in [0.1, 0.15) is 18.5 Å². The number of hydrogen-bond donors (Lipinski definition) is 3. The number of methoxy groups -OCH3 is 1. The van der Waals surface area contributed by atoms with Crippen LogP contribution in [0.4, 0.5) is 0 Å². The molecule has 0 saturated heterocycles. The largest absolute Gasteiger partial charge is 0.394 e. The predicted molar refractivity (Wildman–Crippen MR) is 40.6 cm³/mol. The topological polar surface area (TPSA) is 87.0 Å². The fraction of sp³-hybridized carbons (Fsp3) is 0.857. The molecule has 0 amide bonds. The van der Waals surface area contributed by atoms with Crippen LogP contribution in [0, 0.1) is 0 Å². The lowest BCUT2D eigenvalue weighted by atomic mass is 10.1. The minimum atomic E-state index is -1.22. The second-order valence-corrected chi connectivity index (χ2v) is 2.46. The third-order valence-electron chi connectivity index (χ3n) is 1.56. The number of aldehydes is 1. The van der Waals surface area contributed by atoms with Gasteiger partial charge in [0.2, 0.25) is 0 Å². The summed E-state index contributed by atoms with van der Waals surface area (Å²) in [5.74, 6) is 0. The summed E-state index contributed by atoms with van der Waals surface area (Å²) in [4.78, 5) is 10.2. The molecule has 5 nitrogen and oxygen atoms in total. The molecule has 0 aliphatic carbocycles. The maximum atomic E-state index is 10.2. The van der Waals surface area contributed by atoms with Crippen LogP contribution < -0.4 is 0 Å². The van der Waals surface area contributed by atoms with Crippen molar-refractivity contribution >= 4 is 6.29 Å². The second kappa shape index (κ2) is 6.07. The van der Waals surface area contributed by atoms with Gasteiger partial charge < -0.3 is 24.9 Å². The molecule has 0 bridgehead atoms. The Balaban J connectivity index is 3.79. The van der Waals surface area contributed by atoms with Crippen LogP contribution in [-0.2, 0) is 9.53 Å². The predicted octanol–water partition coefficient (Wildman–Crippen LogP) is -1.70. The van der Waals surface area contributed by atoms with Gasteiger partial charge >= 0.3 is 0 Å². The van der Waals surface area contributed by atoms with Gasteiger partial charge in [-0.15, -0.1) is 0 Å². The number of carbonyl (C=O) groups excluding carboxylic acids is 1. The van der Waals surface area contributed by atoms with E-state index in [9.17, 15) is 4.79 Å². The summed E-state index contributed by atoms with van der Waals surface area (Å²) >= 11 is 0. The normalized spacial score (nSPS) is 18.3.